The van der Waals surface area contributed by atoms with Crippen molar-refractivity contribution in [2.45, 2.75) is 254 Å². The molecule has 2 aliphatic rings. The Morgan fingerprint density at radius 2 is 1.08 bits per heavy atom. The maximum Gasteiger partial charge on any atom is 0.409 e. The Balaban J connectivity index is 1.98. The van der Waals surface area contributed by atoms with Gasteiger partial charge in [-0.1, -0.05) is 114 Å². The minimum Gasteiger partial charge on any atom is -0.449 e. The Morgan fingerprint density at radius 3 is 1.56 bits per heavy atom. The Kier molecular flexibility index (Phi) is 18.2. The van der Waals surface area contributed by atoms with Gasteiger partial charge in [0.15, 0.2) is 17.3 Å². The van der Waals surface area contributed by atoms with E-state index in [0.29, 0.717) is 37.7 Å². The number of hydrogen-bond donors (Lipinski definition) is 2. The van der Waals surface area contributed by atoms with Gasteiger partial charge in [0.2, 0.25) is 0 Å². The standard InChI is InChI=1S/C50H94N4O5/c1-42(2,3)38(55)48(51-45(10,11)12,30-25-21-22-26-31-50(40(57)44(7,8)9)32-28-34-54(50)47(16,17)18)29-24-20-19-23-27-36-59-41(58)53-35-33-49(37-53,52-46(13,14)15)39(56)43(4,5)6/h51-52H,19-37H2,1-18H3/t48?,49-,50-/m0/s1. The number of carbonyl (C=O) groups excluding carboxylic acids is 4. The third-order valence-corrected chi connectivity index (χ3v) is 12.3. The number of amides is 1. The minimum absolute atomic E-state index is 0.0584. The first-order valence-electron chi connectivity index (χ1n) is 23.6. The van der Waals surface area contributed by atoms with E-state index in [1.54, 1.807) is 4.90 Å². The number of ether oxygens (including phenoxy) is 1. The van der Waals surface area contributed by atoms with Crippen LogP contribution in [0.25, 0.3) is 0 Å². The summed E-state index contributed by atoms with van der Waals surface area (Å²) in [6, 6.07) is 0. The van der Waals surface area contributed by atoms with Crippen LogP contribution in [0.1, 0.15) is 221 Å². The van der Waals surface area contributed by atoms with Crippen LogP contribution >= 0.6 is 0 Å². The first-order valence-corrected chi connectivity index (χ1v) is 23.6. The van der Waals surface area contributed by atoms with E-state index in [2.05, 4.69) is 119 Å². The molecule has 2 fully saturated rings. The zero-order valence-electron chi connectivity index (χ0n) is 41.9. The predicted octanol–water partition coefficient (Wildman–Crippen LogP) is 11.2. The first kappa shape index (κ1) is 53.3. The highest BCUT2D eigenvalue weighted by Crippen LogP contribution is 2.44. The molecule has 3 atom stereocenters. The van der Waals surface area contributed by atoms with E-state index >= 15 is 0 Å². The van der Waals surface area contributed by atoms with Gasteiger partial charge in [0.1, 0.15) is 0 Å². The molecule has 1 amide bonds. The number of ketones is 3. The van der Waals surface area contributed by atoms with Gasteiger partial charge in [0, 0.05) is 46.0 Å². The van der Waals surface area contributed by atoms with E-state index in [1.807, 2.05) is 20.8 Å². The molecule has 2 saturated heterocycles. The molecular weight excluding hydrogens is 737 g/mol. The molecule has 9 heteroatoms. The molecule has 2 N–H and O–H groups in total. The number of unbranched alkanes of at least 4 members (excludes halogenated alkanes) is 7. The van der Waals surface area contributed by atoms with Crippen molar-refractivity contribution in [1.82, 2.24) is 20.4 Å². The molecule has 0 aliphatic carbocycles. The number of Topliss-reactive ketones (excluding diaryl/α,β-unsaturated/α-hetero) is 3. The largest absolute Gasteiger partial charge is 0.449 e. The summed E-state index contributed by atoms with van der Waals surface area (Å²) >= 11 is 0. The molecule has 0 spiro atoms. The summed E-state index contributed by atoms with van der Waals surface area (Å²) in [5, 5.41) is 7.43. The fraction of sp³-hybridized carbons (Fsp3) is 0.920. The third-order valence-electron chi connectivity index (χ3n) is 12.3. The Labute approximate surface area is 363 Å². The maximum absolute atomic E-state index is 14.4. The number of likely N-dealkylation sites (tertiary alicyclic amines) is 2. The number of hydrogen-bond acceptors (Lipinski definition) is 8. The Morgan fingerprint density at radius 1 is 0.576 bits per heavy atom. The second-order valence-electron chi connectivity index (χ2n) is 24.8. The second kappa shape index (κ2) is 20.1. The van der Waals surface area contributed by atoms with E-state index < -0.39 is 27.4 Å². The van der Waals surface area contributed by atoms with Gasteiger partial charge in [0.25, 0.3) is 0 Å². The summed E-state index contributed by atoms with van der Waals surface area (Å²) in [5.41, 5.74) is -3.70. The fourth-order valence-corrected chi connectivity index (χ4v) is 10.4. The molecule has 0 aromatic carbocycles. The van der Waals surface area contributed by atoms with Crippen LogP contribution in [0.5, 0.6) is 0 Å². The van der Waals surface area contributed by atoms with E-state index in [9.17, 15) is 19.2 Å². The average Bonchev–Trinajstić information content (AvgIpc) is 3.69. The summed E-state index contributed by atoms with van der Waals surface area (Å²) < 4.78 is 5.73. The van der Waals surface area contributed by atoms with E-state index in [0.717, 1.165) is 96.4 Å². The summed E-state index contributed by atoms with van der Waals surface area (Å²) in [4.78, 5) is 59.3. The third kappa shape index (κ3) is 15.5. The molecule has 2 heterocycles. The molecule has 2 rings (SSSR count). The van der Waals surface area contributed by atoms with Crippen LogP contribution in [0.4, 0.5) is 4.79 Å². The Bertz CT molecular complexity index is 1400. The molecule has 2 aliphatic heterocycles. The SMILES string of the molecule is CC(C)(C)NC(CCCCCCCOC(=O)N1CC[C@@](NC(C)(C)C)(C(=O)C(C)(C)C)C1)(CCCCCC[C@@]1(C(=O)C(C)(C)C)CCCN1C(C)(C)C)C(=O)C(C)(C)C. The molecule has 0 aromatic rings. The van der Waals surface area contributed by atoms with Gasteiger partial charge in [-0.15, -0.1) is 0 Å². The number of nitrogens with zero attached hydrogens (tertiary/aromatic N) is 2. The van der Waals surface area contributed by atoms with Gasteiger partial charge in [-0.05, 0) is 114 Å². The normalized spacial score (nSPS) is 22.4. The number of nitrogens with one attached hydrogen (secondary N) is 2. The zero-order valence-corrected chi connectivity index (χ0v) is 41.9. The highest BCUT2D eigenvalue weighted by atomic mass is 16.6. The molecule has 1 unspecified atom stereocenters. The van der Waals surface area contributed by atoms with Crippen molar-refractivity contribution < 1.29 is 23.9 Å². The second-order valence-corrected chi connectivity index (χ2v) is 24.8. The van der Waals surface area contributed by atoms with Gasteiger partial charge >= 0.3 is 6.09 Å². The molecule has 344 valence electrons. The lowest BCUT2D eigenvalue weighted by Gasteiger charge is -2.48. The highest BCUT2D eigenvalue weighted by molar-refractivity contribution is 5.94. The van der Waals surface area contributed by atoms with Crippen LogP contribution in [-0.4, -0.2) is 92.7 Å². The molecule has 59 heavy (non-hydrogen) atoms. The molecule has 0 aromatic heterocycles. The fourth-order valence-electron chi connectivity index (χ4n) is 10.4. The summed E-state index contributed by atoms with van der Waals surface area (Å²) in [5.74, 6) is 0.809. The maximum atomic E-state index is 14.4. The number of rotatable bonds is 20. The van der Waals surface area contributed by atoms with E-state index in [1.165, 1.54) is 0 Å². The molecule has 9 nitrogen and oxygen atoms in total. The summed E-state index contributed by atoms with van der Waals surface area (Å²) in [6.45, 7) is 39.8. The summed E-state index contributed by atoms with van der Waals surface area (Å²) in [6.07, 6.45) is 13.5. The van der Waals surface area contributed by atoms with E-state index in [4.69, 9.17) is 4.74 Å². The summed E-state index contributed by atoms with van der Waals surface area (Å²) in [7, 11) is 0. The van der Waals surface area contributed by atoms with Crippen molar-refractivity contribution in [2.75, 3.05) is 26.2 Å². The monoisotopic (exact) mass is 831 g/mol. The quantitative estimate of drug-likeness (QED) is 0.117. The van der Waals surface area contributed by atoms with Gasteiger partial charge in [-0.25, -0.2) is 4.79 Å². The lowest BCUT2D eigenvalue weighted by Crippen LogP contribution is -2.63. The topological polar surface area (TPSA) is 108 Å². The minimum atomic E-state index is -0.776. The molecule has 0 bridgehead atoms. The van der Waals surface area contributed by atoms with Crippen molar-refractivity contribution in [3.63, 3.8) is 0 Å². The van der Waals surface area contributed by atoms with Crippen LogP contribution in [0.15, 0.2) is 0 Å². The van der Waals surface area contributed by atoms with Gasteiger partial charge in [0.05, 0.1) is 23.2 Å². The van der Waals surface area contributed by atoms with Crippen molar-refractivity contribution in [3.05, 3.63) is 0 Å². The van der Waals surface area contributed by atoms with Crippen LogP contribution < -0.4 is 10.6 Å². The zero-order chi connectivity index (χ0) is 45.5. The first-order chi connectivity index (χ1) is 26.6. The smallest absolute Gasteiger partial charge is 0.409 e. The van der Waals surface area contributed by atoms with Crippen molar-refractivity contribution in [1.29, 1.82) is 0 Å². The van der Waals surface area contributed by atoms with Gasteiger partial charge < -0.3 is 15.0 Å². The average molecular weight is 831 g/mol. The molecule has 0 radical (unpaired) electrons. The van der Waals surface area contributed by atoms with Crippen molar-refractivity contribution >= 4 is 23.4 Å². The number of carbonyl (C=O) groups is 4. The van der Waals surface area contributed by atoms with Crippen LogP contribution in [0, 0.1) is 16.2 Å². The predicted molar refractivity (Wildman–Crippen MR) is 246 cm³/mol. The molecular formula is C50H94N4O5. The highest BCUT2D eigenvalue weighted by Gasteiger charge is 2.54. The van der Waals surface area contributed by atoms with Gasteiger partial charge in [-0.2, -0.15) is 0 Å². The van der Waals surface area contributed by atoms with Crippen LogP contribution in [0.2, 0.25) is 0 Å². The Hall–Kier alpha value is -1.84. The van der Waals surface area contributed by atoms with Gasteiger partial charge in [-0.3, -0.25) is 24.6 Å². The van der Waals surface area contributed by atoms with Crippen molar-refractivity contribution in [2.24, 2.45) is 16.2 Å². The lowest BCUT2D eigenvalue weighted by molar-refractivity contribution is -0.141. The lowest BCUT2D eigenvalue weighted by atomic mass is 9.71. The van der Waals surface area contributed by atoms with Crippen LogP contribution in [0.3, 0.4) is 0 Å². The van der Waals surface area contributed by atoms with Crippen LogP contribution in [-0.2, 0) is 19.1 Å². The molecule has 0 saturated carbocycles. The van der Waals surface area contributed by atoms with E-state index in [-0.39, 0.29) is 33.9 Å². The van der Waals surface area contributed by atoms with Crippen molar-refractivity contribution in [3.8, 4) is 0 Å².